The summed E-state index contributed by atoms with van der Waals surface area (Å²) in [7, 11) is 4.19. The number of benzene rings is 2. The van der Waals surface area contributed by atoms with E-state index in [1.165, 1.54) is 21.2 Å². The van der Waals surface area contributed by atoms with E-state index in [0.29, 0.717) is 0 Å². The van der Waals surface area contributed by atoms with Crippen molar-refractivity contribution in [3.63, 3.8) is 0 Å². The van der Waals surface area contributed by atoms with E-state index in [0.717, 1.165) is 6.54 Å². The van der Waals surface area contributed by atoms with E-state index >= 15 is 0 Å². The normalized spacial score (nSPS) is 11.4. The molecule has 2 aromatic carbocycles. The largest absolute Gasteiger partial charge is 0.305 e. The van der Waals surface area contributed by atoms with Crippen molar-refractivity contribution in [2.45, 2.75) is 32.7 Å². The van der Waals surface area contributed by atoms with Gasteiger partial charge in [0.1, 0.15) is 0 Å². The monoisotopic (exact) mass is 325 g/mol. The van der Waals surface area contributed by atoms with Crippen molar-refractivity contribution in [2.24, 2.45) is 0 Å². The first-order valence-electron chi connectivity index (χ1n) is 8.02. The van der Waals surface area contributed by atoms with E-state index in [2.05, 4.69) is 99.7 Å². The fraction of sp³-hybridized carbons (Fsp3) is 0.333. The zero-order valence-electron chi connectivity index (χ0n) is 14.8. The minimum atomic E-state index is 0.261. The highest BCUT2D eigenvalue weighted by Gasteiger charge is 2.12. The molecule has 0 aliphatic heterocycles. The summed E-state index contributed by atoms with van der Waals surface area (Å²) in [6.07, 6.45) is 0. The average Bonchev–Trinajstić information content (AvgIpc) is 2.95. The minimum absolute atomic E-state index is 0.261. The van der Waals surface area contributed by atoms with Crippen molar-refractivity contribution < 1.29 is 0 Å². The second-order valence-electron chi connectivity index (χ2n) is 7.14. The Bertz CT molecular complexity index is 687. The Kier molecular flexibility index (Phi) is 5.97. The van der Waals surface area contributed by atoms with E-state index in [-0.39, 0.29) is 5.41 Å². The van der Waals surface area contributed by atoms with Gasteiger partial charge >= 0.3 is 0 Å². The lowest BCUT2D eigenvalue weighted by Crippen LogP contribution is -2.13. The van der Waals surface area contributed by atoms with Crippen molar-refractivity contribution in [1.82, 2.24) is 4.90 Å². The van der Waals surface area contributed by atoms with Crippen LogP contribution >= 0.6 is 11.3 Å². The van der Waals surface area contributed by atoms with Gasteiger partial charge in [-0.1, -0.05) is 63.2 Å². The highest BCUT2D eigenvalue weighted by molar-refractivity contribution is 7.17. The Hall–Kier alpha value is -1.64. The molecule has 2 heteroatoms. The van der Waals surface area contributed by atoms with Gasteiger partial charge in [0.05, 0.1) is 0 Å². The number of nitrogens with zero attached hydrogens (tertiary/aromatic N) is 1. The summed E-state index contributed by atoms with van der Waals surface area (Å²) in [5.41, 5.74) is 3.04. The van der Waals surface area contributed by atoms with Gasteiger partial charge in [-0.3, -0.25) is 0 Å². The molecule has 3 rings (SSSR count). The van der Waals surface area contributed by atoms with E-state index < -0.39 is 0 Å². The molecular formula is C21H27NS. The standard InChI is InChI=1S/C13H21N.C8H6S/c1-13(2,3)12-8-6-11(7-9-12)10-14(4)5;1-2-4-8-7(3-1)5-6-9-8/h6-9H,10H2,1-5H3;1-6H. The number of hydrogen-bond donors (Lipinski definition) is 0. The van der Waals surface area contributed by atoms with Crippen LogP contribution in [0.25, 0.3) is 10.1 Å². The van der Waals surface area contributed by atoms with Crippen LogP contribution in [0.4, 0.5) is 0 Å². The van der Waals surface area contributed by atoms with Crippen molar-refractivity contribution in [3.05, 3.63) is 71.1 Å². The van der Waals surface area contributed by atoms with Crippen molar-refractivity contribution in [2.75, 3.05) is 14.1 Å². The van der Waals surface area contributed by atoms with Crippen LogP contribution in [-0.4, -0.2) is 19.0 Å². The molecule has 23 heavy (non-hydrogen) atoms. The lowest BCUT2D eigenvalue weighted by Gasteiger charge is -2.19. The molecule has 0 spiro atoms. The van der Waals surface area contributed by atoms with Crippen molar-refractivity contribution in [1.29, 1.82) is 0 Å². The fourth-order valence-corrected chi connectivity index (χ4v) is 3.17. The molecule has 0 saturated heterocycles. The molecular weight excluding hydrogens is 298 g/mol. The first-order chi connectivity index (χ1) is 10.9. The fourth-order valence-electron chi connectivity index (χ4n) is 2.38. The zero-order chi connectivity index (χ0) is 16.9. The van der Waals surface area contributed by atoms with Gasteiger partial charge in [-0.25, -0.2) is 0 Å². The zero-order valence-corrected chi connectivity index (χ0v) is 15.7. The smallest absolute Gasteiger partial charge is 0.0342 e. The molecule has 1 nitrogen and oxygen atoms in total. The summed E-state index contributed by atoms with van der Waals surface area (Å²) in [6, 6.07) is 19.5. The van der Waals surface area contributed by atoms with Crippen LogP contribution in [0.15, 0.2) is 60.0 Å². The summed E-state index contributed by atoms with van der Waals surface area (Å²) in [6.45, 7) is 7.75. The average molecular weight is 326 g/mol. The molecule has 1 heterocycles. The topological polar surface area (TPSA) is 3.24 Å². The first kappa shape index (κ1) is 17.7. The number of rotatable bonds is 2. The van der Waals surface area contributed by atoms with E-state index in [1.807, 2.05) is 0 Å². The lowest BCUT2D eigenvalue weighted by molar-refractivity contribution is 0.402. The van der Waals surface area contributed by atoms with E-state index in [4.69, 9.17) is 0 Å². The Balaban J connectivity index is 0.000000182. The van der Waals surface area contributed by atoms with Crippen molar-refractivity contribution >= 4 is 21.4 Å². The Morgan fingerprint density at radius 3 is 2.09 bits per heavy atom. The second kappa shape index (κ2) is 7.76. The molecule has 122 valence electrons. The predicted octanol–water partition coefficient (Wildman–Crippen LogP) is 5.95. The van der Waals surface area contributed by atoms with Crippen LogP contribution in [0.2, 0.25) is 0 Å². The lowest BCUT2D eigenvalue weighted by atomic mass is 9.87. The summed E-state index contributed by atoms with van der Waals surface area (Å²) in [5.74, 6) is 0. The van der Waals surface area contributed by atoms with Gasteiger partial charge in [0, 0.05) is 11.2 Å². The molecule has 0 unspecified atom stereocenters. The maximum Gasteiger partial charge on any atom is 0.0342 e. The molecule has 0 fully saturated rings. The SMILES string of the molecule is CN(C)Cc1ccc(C(C)(C)C)cc1.c1ccc2sccc2c1. The second-order valence-corrected chi connectivity index (χ2v) is 8.09. The molecule has 0 saturated carbocycles. The van der Waals surface area contributed by atoms with Gasteiger partial charge in [0.2, 0.25) is 0 Å². The third-order valence-corrected chi connectivity index (χ3v) is 4.58. The van der Waals surface area contributed by atoms with Gasteiger partial charge in [-0.05, 0) is 53.5 Å². The van der Waals surface area contributed by atoms with E-state index in [1.54, 1.807) is 11.3 Å². The molecule has 1 aromatic heterocycles. The van der Waals surface area contributed by atoms with Crippen LogP contribution < -0.4 is 0 Å². The van der Waals surface area contributed by atoms with Crippen LogP contribution in [0.5, 0.6) is 0 Å². The van der Waals surface area contributed by atoms with Gasteiger partial charge in [-0.2, -0.15) is 0 Å². The molecule has 0 radical (unpaired) electrons. The van der Waals surface area contributed by atoms with Crippen LogP contribution in [-0.2, 0) is 12.0 Å². The molecule has 0 amide bonds. The van der Waals surface area contributed by atoms with Gasteiger partial charge in [0.25, 0.3) is 0 Å². The van der Waals surface area contributed by atoms with Gasteiger partial charge in [0.15, 0.2) is 0 Å². The Morgan fingerprint density at radius 1 is 0.870 bits per heavy atom. The molecule has 0 atom stereocenters. The van der Waals surface area contributed by atoms with E-state index in [9.17, 15) is 0 Å². The van der Waals surface area contributed by atoms with Gasteiger partial charge in [-0.15, -0.1) is 11.3 Å². The maximum atomic E-state index is 2.24. The number of fused-ring (bicyclic) bond motifs is 1. The number of hydrogen-bond acceptors (Lipinski definition) is 2. The summed E-state index contributed by atoms with van der Waals surface area (Å²) < 4.78 is 1.37. The van der Waals surface area contributed by atoms with Crippen molar-refractivity contribution in [3.8, 4) is 0 Å². The van der Waals surface area contributed by atoms with Crippen LogP contribution in [0.3, 0.4) is 0 Å². The molecule has 0 bridgehead atoms. The first-order valence-corrected chi connectivity index (χ1v) is 8.90. The Labute approximate surface area is 144 Å². The third-order valence-electron chi connectivity index (χ3n) is 3.68. The summed E-state index contributed by atoms with van der Waals surface area (Å²) >= 11 is 1.79. The summed E-state index contributed by atoms with van der Waals surface area (Å²) in [5, 5.41) is 3.47. The molecule has 0 N–H and O–H groups in total. The third kappa shape index (κ3) is 5.49. The van der Waals surface area contributed by atoms with Crippen LogP contribution in [0.1, 0.15) is 31.9 Å². The number of thiophene rings is 1. The highest BCUT2D eigenvalue weighted by atomic mass is 32.1. The van der Waals surface area contributed by atoms with Crippen LogP contribution in [0, 0.1) is 0 Å². The highest BCUT2D eigenvalue weighted by Crippen LogP contribution is 2.22. The maximum absolute atomic E-state index is 2.24. The molecule has 3 aromatic rings. The summed E-state index contributed by atoms with van der Waals surface area (Å²) in [4.78, 5) is 2.19. The predicted molar refractivity (Wildman–Crippen MR) is 104 cm³/mol. The quantitative estimate of drug-likeness (QED) is 0.563. The minimum Gasteiger partial charge on any atom is -0.305 e. The Morgan fingerprint density at radius 2 is 1.52 bits per heavy atom. The molecule has 0 aliphatic carbocycles. The molecule has 0 aliphatic rings. The van der Waals surface area contributed by atoms with Gasteiger partial charge < -0.3 is 4.90 Å².